The maximum atomic E-state index is 13.0. The van der Waals surface area contributed by atoms with E-state index < -0.39 is 17.4 Å². The highest BCUT2D eigenvalue weighted by atomic mass is 19.4. The molecule has 0 amide bonds. The highest BCUT2D eigenvalue weighted by molar-refractivity contribution is 5.75. The molecule has 0 atom stereocenters. The van der Waals surface area contributed by atoms with Crippen LogP contribution in [-0.2, 0) is 6.18 Å². The average molecular weight is 336 g/mol. The third-order valence-electron chi connectivity index (χ3n) is 3.18. The zero-order valence-electron chi connectivity index (χ0n) is 12.3. The smallest absolute Gasteiger partial charge is 0.380 e. The highest BCUT2D eigenvalue weighted by Crippen LogP contribution is 2.33. The lowest BCUT2D eigenvalue weighted by Crippen LogP contribution is -2.19. The van der Waals surface area contributed by atoms with Gasteiger partial charge in [0.2, 0.25) is 0 Å². The van der Waals surface area contributed by atoms with Crippen LogP contribution in [0.3, 0.4) is 0 Å². The zero-order valence-corrected chi connectivity index (χ0v) is 12.3. The molecule has 3 aromatic rings. The summed E-state index contributed by atoms with van der Waals surface area (Å²) >= 11 is 0. The monoisotopic (exact) mass is 336 g/mol. The summed E-state index contributed by atoms with van der Waals surface area (Å²) in [7, 11) is 0. The highest BCUT2D eigenvalue weighted by Gasteiger charge is 2.35. The van der Waals surface area contributed by atoms with Gasteiger partial charge in [-0.3, -0.25) is 4.79 Å². The number of aryl methyl sites for hydroxylation is 1. The van der Waals surface area contributed by atoms with Crippen molar-refractivity contribution in [3.63, 3.8) is 0 Å². The van der Waals surface area contributed by atoms with Crippen molar-refractivity contribution in [3.8, 4) is 0 Å². The SMILES string of the molecule is Cc1cccc(N=Nc2c(N)nn3c(C(F)(F)F)cc(=O)[nH]c23)c1. The number of aromatic amines is 1. The molecule has 0 unspecified atom stereocenters. The first-order valence-electron chi connectivity index (χ1n) is 6.73. The third-order valence-corrected chi connectivity index (χ3v) is 3.18. The van der Waals surface area contributed by atoms with Gasteiger partial charge in [0.05, 0.1) is 5.69 Å². The number of hydrogen-bond donors (Lipinski definition) is 2. The molecular formula is C14H11F3N6O. The first-order chi connectivity index (χ1) is 11.3. The number of aromatic nitrogens is 3. The van der Waals surface area contributed by atoms with Crippen LogP contribution in [0, 0.1) is 6.92 Å². The number of nitrogens with two attached hydrogens (primary N) is 1. The van der Waals surface area contributed by atoms with Gasteiger partial charge in [-0.25, -0.2) is 4.52 Å². The molecular weight excluding hydrogens is 325 g/mol. The Labute approximate surface area is 132 Å². The molecule has 10 heteroatoms. The fourth-order valence-electron chi connectivity index (χ4n) is 2.15. The summed E-state index contributed by atoms with van der Waals surface area (Å²) in [4.78, 5) is 13.8. The third kappa shape index (κ3) is 2.85. The minimum absolute atomic E-state index is 0.139. The molecule has 0 aliphatic carbocycles. The van der Waals surface area contributed by atoms with Crippen LogP contribution in [0.25, 0.3) is 5.65 Å². The van der Waals surface area contributed by atoms with Gasteiger partial charge < -0.3 is 10.7 Å². The number of nitrogens with zero attached hydrogens (tertiary/aromatic N) is 4. The van der Waals surface area contributed by atoms with Crippen molar-refractivity contribution in [2.45, 2.75) is 13.1 Å². The molecule has 0 saturated carbocycles. The lowest BCUT2D eigenvalue weighted by molar-refractivity contribution is -0.142. The quantitative estimate of drug-likeness (QED) is 0.702. The predicted molar refractivity (Wildman–Crippen MR) is 80.6 cm³/mol. The van der Waals surface area contributed by atoms with Crippen molar-refractivity contribution < 1.29 is 13.2 Å². The second kappa shape index (κ2) is 5.48. The lowest BCUT2D eigenvalue weighted by Gasteiger charge is -2.07. The van der Waals surface area contributed by atoms with Crippen molar-refractivity contribution in [3.05, 3.63) is 51.9 Å². The van der Waals surface area contributed by atoms with E-state index in [0.717, 1.165) is 5.56 Å². The molecule has 24 heavy (non-hydrogen) atoms. The van der Waals surface area contributed by atoms with E-state index in [1.165, 1.54) is 0 Å². The van der Waals surface area contributed by atoms with Gasteiger partial charge in [-0.05, 0) is 24.6 Å². The van der Waals surface area contributed by atoms with Gasteiger partial charge in [0, 0.05) is 6.07 Å². The number of alkyl halides is 3. The van der Waals surface area contributed by atoms with Crippen molar-refractivity contribution >= 4 is 22.8 Å². The summed E-state index contributed by atoms with van der Waals surface area (Å²) in [5.74, 6) is -0.279. The van der Waals surface area contributed by atoms with Crippen LogP contribution in [0.15, 0.2) is 45.4 Å². The largest absolute Gasteiger partial charge is 0.433 e. The molecule has 0 aliphatic heterocycles. The van der Waals surface area contributed by atoms with Crippen LogP contribution < -0.4 is 11.3 Å². The minimum atomic E-state index is -4.77. The Kier molecular flexibility index (Phi) is 3.59. The van der Waals surface area contributed by atoms with Crippen LogP contribution >= 0.6 is 0 Å². The van der Waals surface area contributed by atoms with Gasteiger partial charge in [-0.15, -0.1) is 10.2 Å². The fourth-order valence-corrected chi connectivity index (χ4v) is 2.15. The van der Waals surface area contributed by atoms with Gasteiger partial charge in [0.25, 0.3) is 5.56 Å². The molecule has 0 spiro atoms. The number of anilines is 1. The normalized spacial score (nSPS) is 12.3. The van der Waals surface area contributed by atoms with E-state index in [1.807, 2.05) is 13.0 Å². The molecule has 0 saturated heterocycles. The average Bonchev–Trinajstić information content (AvgIpc) is 2.79. The van der Waals surface area contributed by atoms with Crippen LogP contribution in [-0.4, -0.2) is 14.6 Å². The van der Waals surface area contributed by atoms with E-state index in [4.69, 9.17) is 5.73 Å². The molecule has 3 N–H and O–H groups in total. The Morgan fingerprint density at radius 1 is 1.25 bits per heavy atom. The standard InChI is InChI=1S/C14H11F3N6O/c1-7-3-2-4-8(5-7)20-21-11-12(18)22-23-9(14(15,16)17)6-10(24)19-13(11)23/h2-6H,1H3,(H2,18,22)(H,19,24). The first kappa shape index (κ1) is 15.7. The molecule has 0 bridgehead atoms. The number of azo groups is 1. The number of nitrogens with one attached hydrogen (secondary N) is 1. The molecule has 7 nitrogen and oxygen atoms in total. The molecule has 1 aromatic carbocycles. The molecule has 124 valence electrons. The van der Waals surface area contributed by atoms with E-state index in [9.17, 15) is 18.0 Å². The van der Waals surface area contributed by atoms with Crippen molar-refractivity contribution in [2.24, 2.45) is 10.2 Å². The number of fused-ring (bicyclic) bond motifs is 1. The van der Waals surface area contributed by atoms with E-state index in [1.54, 1.807) is 18.2 Å². The fraction of sp³-hybridized carbons (Fsp3) is 0.143. The second-order valence-electron chi connectivity index (χ2n) is 5.05. The van der Waals surface area contributed by atoms with Crippen molar-refractivity contribution in [1.82, 2.24) is 14.6 Å². The van der Waals surface area contributed by atoms with E-state index in [-0.39, 0.29) is 17.2 Å². The molecule has 3 rings (SSSR count). The summed E-state index contributed by atoms with van der Waals surface area (Å²) in [5, 5.41) is 11.4. The topological polar surface area (TPSA) is 101 Å². The first-order valence-corrected chi connectivity index (χ1v) is 6.73. The van der Waals surface area contributed by atoms with Crippen LogP contribution in [0.5, 0.6) is 0 Å². The van der Waals surface area contributed by atoms with E-state index in [2.05, 4.69) is 20.3 Å². The van der Waals surface area contributed by atoms with Crippen molar-refractivity contribution in [1.29, 1.82) is 0 Å². The van der Waals surface area contributed by atoms with Gasteiger partial charge in [-0.2, -0.15) is 18.3 Å². The second-order valence-corrected chi connectivity index (χ2v) is 5.05. The van der Waals surface area contributed by atoms with Crippen LogP contribution in [0.4, 0.5) is 30.4 Å². The van der Waals surface area contributed by atoms with Crippen molar-refractivity contribution in [2.75, 3.05) is 5.73 Å². The summed E-state index contributed by atoms with van der Waals surface area (Å²) < 4.78 is 39.6. The molecule has 2 aromatic heterocycles. The van der Waals surface area contributed by atoms with Gasteiger partial charge in [0.15, 0.2) is 22.8 Å². The van der Waals surface area contributed by atoms with Gasteiger partial charge in [-0.1, -0.05) is 12.1 Å². The Morgan fingerprint density at radius 2 is 2.00 bits per heavy atom. The van der Waals surface area contributed by atoms with Crippen LogP contribution in [0.1, 0.15) is 11.3 Å². The van der Waals surface area contributed by atoms with Gasteiger partial charge in [0.1, 0.15) is 0 Å². The number of benzene rings is 1. The summed E-state index contributed by atoms with van der Waals surface area (Å²) in [5.41, 5.74) is 4.46. The predicted octanol–water partition coefficient (Wildman–Crippen LogP) is 3.35. The summed E-state index contributed by atoms with van der Waals surface area (Å²) in [6.07, 6.45) is -4.77. The summed E-state index contributed by atoms with van der Waals surface area (Å²) in [6, 6.07) is 7.42. The Hall–Kier alpha value is -3.17. The zero-order chi connectivity index (χ0) is 17.5. The maximum absolute atomic E-state index is 13.0. The molecule has 0 aliphatic rings. The summed E-state index contributed by atoms with van der Waals surface area (Å²) in [6.45, 7) is 1.86. The Balaban J connectivity index is 2.17. The number of nitrogen functional groups attached to an aromatic ring is 1. The van der Waals surface area contributed by atoms with Crippen LogP contribution in [0.2, 0.25) is 0 Å². The lowest BCUT2D eigenvalue weighted by atomic mass is 10.2. The number of H-pyrrole nitrogens is 1. The molecule has 2 heterocycles. The molecule has 0 fully saturated rings. The van der Waals surface area contributed by atoms with E-state index in [0.29, 0.717) is 16.3 Å². The Morgan fingerprint density at radius 3 is 2.67 bits per heavy atom. The number of hydrogen-bond acceptors (Lipinski definition) is 5. The van der Waals surface area contributed by atoms with E-state index >= 15 is 0 Å². The molecule has 0 radical (unpaired) electrons. The van der Waals surface area contributed by atoms with Gasteiger partial charge >= 0.3 is 6.18 Å². The number of halogens is 3. The maximum Gasteiger partial charge on any atom is 0.433 e. The number of rotatable bonds is 2. The minimum Gasteiger partial charge on any atom is -0.380 e. The Bertz CT molecular complexity index is 1000.